The Labute approximate surface area is 145 Å². The van der Waals surface area contributed by atoms with Gasteiger partial charge in [-0.25, -0.2) is 13.2 Å². The molecule has 7 heteroatoms. The van der Waals surface area contributed by atoms with E-state index >= 15 is 0 Å². The maximum absolute atomic E-state index is 13.3. The maximum Gasteiger partial charge on any atom is 0.237 e. The van der Waals surface area contributed by atoms with Crippen LogP contribution in [0, 0.1) is 23.4 Å². The summed E-state index contributed by atoms with van der Waals surface area (Å²) in [7, 11) is 0. The van der Waals surface area contributed by atoms with Crippen molar-refractivity contribution in [1.82, 2.24) is 15.5 Å². The molecule has 3 rings (SSSR count). The number of benzene rings is 1. The number of likely N-dealkylation sites (tertiary alicyclic amines) is 1. The molecule has 0 radical (unpaired) electrons. The Kier molecular flexibility index (Phi) is 5.96. The van der Waals surface area contributed by atoms with Crippen LogP contribution in [0.1, 0.15) is 31.2 Å². The van der Waals surface area contributed by atoms with E-state index in [4.69, 9.17) is 0 Å². The molecule has 0 bridgehead atoms. The number of piperidine rings is 1. The van der Waals surface area contributed by atoms with Gasteiger partial charge in [0.25, 0.3) is 0 Å². The average Bonchev–Trinajstić information content (AvgIpc) is 3.12. The molecule has 2 heterocycles. The molecule has 2 aliphatic heterocycles. The number of amides is 1. The molecule has 2 aliphatic rings. The summed E-state index contributed by atoms with van der Waals surface area (Å²) in [4.78, 5) is 14.2. The van der Waals surface area contributed by atoms with Crippen LogP contribution in [0.5, 0.6) is 0 Å². The number of hydrogen-bond donors (Lipinski definition) is 2. The van der Waals surface area contributed by atoms with Gasteiger partial charge in [0.05, 0.1) is 6.04 Å². The first-order valence-electron chi connectivity index (χ1n) is 8.90. The van der Waals surface area contributed by atoms with Crippen LogP contribution in [0.15, 0.2) is 12.1 Å². The monoisotopic (exact) mass is 355 g/mol. The van der Waals surface area contributed by atoms with Crippen molar-refractivity contribution in [3.8, 4) is 0 Å². The van der Waals surface area contributed by atoms with Crippen LogP contribution in [-0.2, 0) is 11.3 Å². The molecule has 0 spiro atoms. The third kappa shape index (κ3) is 4.73. The average molecular weight is 355 g/mol. The van der Waals surface area contributed by atoms with Gasteiger partial charge in [0.2, 0.25) is 5.91 Å². The molecular weight excluding hydrogens is 331 g/mol. The molecule has 0 aliphatic carbocycles. The Morgan fingerprint density at radius 2 is 1.96 bits per heavy atom. The highest BCUT2D eigenvalue weighted by atomic mass is 19.2. The summed E-state index contributed by atoms with van der Waals surface area (Å²) in [6, 6.07) is 2.02. The number of hydrogen-bond acceptors (Lipinski definition) is 3. The van der Waals surface area contributed by atoms with Crippen LogP contribution in [-0.4, -0.2) is 43.0 Å². The van der Waals surface area contributed by atoms with E-state index in [-0.39, 0.29) is 11.9 Å². The third-order valence-corrected chi connectivity index (χ3v) is 4.99. The second-order valence-corrected chi connectivity index (χ2v) is 7.01. The molecule has 0 aromatic heterocycles. The normalized spacial score (nSPS) is 24.4. The molecule has 2 N–H and O–H groups in total. The van der Waals surface area contributed by atoms with Crippen molar-refractivity contribution in [3.63, 3.8) is 0 Å². The fourth-order valence-electron chi connectivity index (χ4n) is 3.70. The van der Waals surface area contributed by atoms with Gasteiger partial charge in [-0.2, -0.15) is 0 Å². The highest BCUT2D eigenvalue weighted by Gasteiger charge is 2.25. The molecule has 138 valence electrons. The van der Waals surface area contributed by atoms with E-state index in [1.54, 1.807) is 0 Å². The van der Waals surface area contributed by atoms with Crippen molar-refractivity contribution >= 4 is 5.91 Å². The van der Waals surface area contributed by atoms with Crippen molar-refractivity contribution in [1.29, 1.82) is 0 Å². The van der Waals surface area contributed by atoms with Crippen LogP contribution in [0.3, 0.4) is 0 Å². The molecule has 25 heavy (non-hydrogen) atoms. The van der Waals surface area contributed by atoms with Crippen LogP contribution < -0.4 is 10.6 Å². The first-order valence-corrected chi connectivity index (χ1v) is 8.90. The van der Waals surface area contributed by atoms with Crippen molar-refractivity contribution in [2.24, 2.45) is 5.92 Å². The topological polar surface area (TPSA) is 44.4 Å². The molecule has 2 saturated heterocycles. The summed E-state index contributed by atoms with van der Waals surface area (Å²) >= 11 is 0. The molecule has 1 aromatic carbocycles. The lowest BCUT2D eigenvalue weighted by atomic mass is 9.97. The van der Waals surface area contributed by atoms with Gasteiger partial charge in [-0.05, 0) is 62.4 Å². The van der Waals surface area contributed by atoms with E-state index in [2.05, 4.69) is 15.5 Å². The third-order valence-electron chi connectivity index (χ3n) is 4.99. The molecule has 2 atom stereocenters. The van der Waals surface area contributed by atoms with E-state index in [1.165, 1.54) is 0 Å². The molecule has 1 amide bonds. The van der Waals surface area contributed by atoms with Crippen LogP contribution in [0.25, 0.3) is 0 Å². The van der Waals surface area contributed by atoms with Gasteiger partial charge in [-0.15, -0.1) is 0 Å². The molecular formula is C18H24F3N3O. The van der Waals surface area contributed by atoms with Crippen molar-refractivity contribution in [2.75, 3.05) is 26.2 Å². The standard InChI is InChI=1S/C18H24F3N3O/c19-14-7-13(8-15(20)17(14)21)11-24-6-2-3-12(10-24)9-23-18(25)16-4-1-5-22-16/h7-8,12,16,22H,1-6,9-11H2,(H,23,25). The Morgan fingerprint density at radius 3 is 2.64 bits per heavy atom. The lowest BCUT2D eigenvalue weighted by Crippen LogP contribution is -2.45. The first-order chi connectivity index (χ1) is 12.0. The van der Waals surface area contributed by atoms with Gasteiger partial charge in [-0.1, -0.05) is 0 Å². The second-order valence-electron chi connectivity index (χ2n) is 7.01. The molecule has 2 fully saturated rings. The summed E-state index contributed by atoms with van der Waals surface area (Å²) in [6.45, 7) is 3.46. The number of carbonyl (C=O) groups excluding carboxylic acids is 1. The van der Waals surface area contributed by atoms with Crippen molar-refractivity contribution < 1.29 is 18.0 Å². The molecule has 2 unspecified atom stereocenters. The molecule has 4 nitrogen and oxygen atoms in total. The van der Waals surface area contributed by atoms with E-state index in [0.29, 0.717) is 24.6 Å². The fourth-order valence-corrected chi connectivity index (χ4v) is 3.70. The Balaban J connectivity index is 1.50. The SMILES string of the molecule is O=C(NCC1CCCN(Cc2cc(F)c(F)c(F)c2)C1)C1CCCN1. The quantitative estimate of drug-likeness (QED) is 0.796. The predicted octanol–water partition coefficient (Wildman–Crippen LogP) is 2.18. The van der Waals surface area contributed by atoms with Gasteiger partial charge in [0.15, 0.2) is 17.5 Å². The van der Waals surface area contributed by atoms with Gasteiger partial charge in [-0.3, -0.25) is 9.69 Å². The van der Waals surface area contributed by atoms with E-state index in [1.807, 2.05) is 0 Å². The smallest absolute Gasteiger partial charge is 0.237 e. The maximum atomic E-state index is 13.3. The highest BCUT2D eigenvalue weighted by molar-refractivity contribution is 5.81. The Bertz CT molecular complexity index is 597. The minimum Gasteiger partial charge on any atom is -0.354 e. The Morgan fingerprint density at radius 1 is 1.20 bits per heavy atom. The number of nitrogens with one attached hydrogen (secondary N) is 2. The molecule has 1 aromatic rings. The van der Waals surface area contributed by atoms with Crippen molar-refractivity contribution in [2.45, 2.75) is 38.3 Å². The first kappa shape index (κ1) is 18.2. The lowest BCUT2D eigenvalue weighted by Gasteiger charge is -2.33. The Hall–Kier alpha value is -1.60. The van der Waals surface area contributed by atoms with Crippen molar-refractivity contribution in [3.05, 3.63) is 35.1 Å². The fraction of sp³-hybridized carbons (Fsp3) is 0.611. The summed E-state index contributed by atoms with van der Waals surface area (Å²) in [5.74, 6) is -3.37. The predicted molar refractivity (Wildman–Crippen MR) is 88.4 cm³/mol. The zero-order valence-electron chi connectivity index (χ0n) is 14.2. The lowest BCUT2D eigenvalue weighted by molar-refractivity contribution is -0.123. The van der Waals surface area contributed by atoms with E-state index < -0.39 is 17.5 Å². The largest absolute Gasteiger partial charge is 0.354 e. The van der Waals surface area contributed by atoms with Crippen LogP contribution >= 0.6 is 0 Å². The van der Waals surface area contributed by atoms with Crippen LogP contribution in [0.4, 0.5) is 13.2 Å². The zero-order chi connectivity index (χ0) is 17.8. The summed E-state index contributed by atoms with van der Waals surface area (Å²) in [6.07, 6.45) is 3.89. The second kappa shape index (κ2) is 8.19. The van der Waals surface area contributed by atoms with E-state index in [9.17, 15) is 18.0 Å². The van der Waals surface area contributed by atoms with Gasteiger partial charge in [0, 0.05) is 19.6 Å². The van der Waals surface area contributed by atoms with Gasteiger partial charge < -0.3 is 10.6 Å². The molecule has 0 saturated carbocycles. The highest BCUT2D eigenvalue weighted by Crippen LogP contribution is 2.20. The number of halogens is 3. The van der Waals surface area contributed by atoms with E-state index in [0.717, 1.165) is 57.5 Å². The minimum absolute atomic E-state index is 0.0531. The number of rotatable bonds is 5. The summed E-state index contributed by atoms with van der Waals surface area (Å²) in [5, 5.41) is 6.18. The summed E-state index contributed by atoms with van der Waals surface area (Å²) < 4.78 is 39.7. The zero-order valence-corrected chi connectivity index (χ0v) is 14.2. The number of nitrogens with zero attached hydrogens (tertiary/aromatic N) is 1. The van der Waals surface area contributed by atoms with Crippen LogP contribution in [0.2, 0.25) is 0 Å². The summed E-state index contributed by atoms with van der Waals surface area (Å²) in [5.41, 5.74) is 0.427. The van der Waals surface area contributed by atoms with Gasteiger partial charge in [0.1, 0.15) is 0 Å². The minimum atomic E-state index is -1.43. The van der Waals surface area contributed by atoms with Gasteiger partial charge >= 0.3 is 0 Å². The number of carbonyl (C=O) groups is 1.